The average Bonchev–Trinajstić information content (AvgIpc) is 2.13. The molecule has 0 saturated carbocycles. The first-order valence-corrected chi connectivity index (χ1v) is 6.00. The molecule has 0 fully saturated rings. The molecular weight excluding hydrogens is 231 g/mol. The second-order valence-corrected chi connectivity index (χ2v) is 5.39. The van der Waals surface area contributed by atoms with Gasteiger partial charge in [0.05, 0.1) is 6.61 Å². The molecule has 104 valence electrons. The molecule has 2 atom stereocenters. The minimum absolute atomic E-state index is 0.0736. The van der Waals surface area contributed by atoms with E-state index < -0.39 is 12.3 Å². The molecule has 1 N–H and O–H groups in total. The van der Waals surface area contributed by atoms with Gasteiger partial charge in [-0.2, -0.15) is 13.2 Å². The van der Waals surface area contributed by atoms with Crippen LogP contribution < -0.4 is 5.32 Å². The molecule has 2 unspecified atom stereocenters. The second kappa shape index (κ2) is 6.59. The van der Waals surface area contributed by atoms with Crippen molar-refractivity contribution in [1.82, 2.24) is 5.32 Å². The fraction of sp³-hybridized carbons (Fsp3) is 1.00. The molecule has 0 aliphatic heterocycles. The minimum atomic E-state index is -4.28. The molecule has 0 aliphatic carbocycles. The molecule has 0 aromatic carbocycles. The summed E-state index contributed by atoms with van der Waals surface area (Å²) in [6, 6.07) is -0.0766. The van der Waals surface area contributed by atoms with Gasteiger partial charge in [-0.15, -0.1) is 0 Å². The average molecular weight is 255 g/mol. The monoisotopic (exact) mass is 255 g/mol. The van der Waals surface area contributed by atoms with Crippen molar-refractivity contribution in [2.24, 2.45) is 5.41 Å². The Hall–Kier alpha value is -0.290. The summed E-state index contributed by atoms with van der Waals surface area (Å²) in [5.74, 6) is 0. The topological polar surface area (TPSA) is 21.3 Å². The van der Waals surface area contributed by atoms with Crippen LogP contribution in [0.25, 0.3) is 0 Å². The zero-order valence-corrected chi connectivity index (χ0v) is 11.3. The first-order valence-electron chi connectivity index (χ1n) is 6.00. The minimum Gasteiger partial charge on any atom is -0.367 e. The Kier molecular flexibility index (Phi) is 6.48. The quantitative estimate of drug-likeness (QED) is 0.785. The van der Waals surface area contributed by atoms with Gasteiger partial charge in [0.25, 0.3) is 0 Å². The summed E-state index contributed by atoms with van der Waals surface area (Å²) in [5.41, 5.74) is -0.125. The Labute approximate surface area is 102 Å². The lowest BCUT2D eigenvalue weighted by Crippen LogP contribution is -2.46. The lowest BCUT2D eigenvalue weighted by molar-refractivity contribution is -0.217. The molecule has 0 saturated heterocycles. The third-order valence-corrected chi connectivity index (χ3v) is 2.66. The van der Waals surface area contributed by atoms with Gasteiger partial charge in [-0.3, -0.25) is 0 Å². The van der Waals surface area contributed by atoms with Gasteiger partial charge in [-0.1, -0.05) is 27.7 Å². The molecule has 0 radical (unpaired) electrons. The van der Waals surface area contributed by atoms with Crippen LogP contribution in [0.2, 0.25) is 0 Å². The molecular formula is C12H24F3NO. The fourth-order valence-electron chi connectivity index (χ4n) is 1.27. The lowest BCUT2D eigenvalue weighted by Gasteiger charge is -2.32. The van der Waals surface area contributed by atoms with E-state index in [0.29, 0.717) is 0 Å². The van der Waals surface area contributed by atoms with E-state index in [4.69, 9.17) is 4.74 Å². The van der Waals surface area contributed by atoms with Gasteiger partial charge in [0.15, 0.2) is 6.10 Å². The summed E-state index contributed by atoms with van der Waals surface area (Å²) < 4.78 is 41.8. The molecule has 0 rings (SSSR count). The molecule has 0 aliphatic rings. The molecule has 0 bridgehead atoms. The van der Waals surface area contributed by atoms with Crippen molar-refractivity contribution in [3.8, 4) is 0 Å². The van der Waals surface area contributed by atoms with Crippen LogP contribution in [0.1, 0.15) is 41.0 Å². The number of hydrogen-bond acceptors (Lipinski definition) is 2. The zero-order chi connectivity index (χ0) is 13.7. The van der Waals surface area contributed by atoms with Crippen LogP contribution in [-0.4, -0.2) is 31.5 Å². The first kappa shape index (κ1) is 16.7. The molecule has 17 heavy (non-hydrogen) atoms. The molecule has 0 heterocycles. The maximum atomic E-state index is 12.3. The maximum Gasteiger partial charge on any atom is 0.414 e. The molecule has 5 heteroatoms. The predicted octanol–water partition coefficient (Wildman–Crippen LogP) is 3.37. The number of rotatable bonds is 6. The van der Waals surface area contributed by atoms with Crippen molar-refractivity contribution in [2.75, 3.05) is 13.2 Å². The van der Waals surface area contributed by atoms with Crippen LogP contribution in [0.15, 0.2) is 0 Å². The highest BCUT2D eigenvalue weighted by atomic mass is 19.4. The summed E-state index contributed by atoms with van der Waals surface area (Å²) in [6.45, 7) is 9.88. The summed E-state index contributed by atoms with van der Waals surface area (Å²) in [4.78, 5) is 0. The summed E-state index contributed by atoms with van der Waals surface area (Å²) in [5, 5.41) is 3.22. The smallest absolute Gasteiger partial charge is 0.367 e. The predicted molar refractivity (Wildman–Crippen MR) is 63.0 cm³/mol. The van der Waals surface area contributed by atoms with Crippen LogP contribution in [-0.2, 0) is 4.74 Å². The van der Waals surface area contributed by atoms with E-state index in [1.165, 1.54) is 0 Å². The first-order chi connectivity index (χ1) is 7.59. The van der Waals surface area contributed by atoms with E-state index >= 15 is 0 Å². The van der Waals surface area contributed by atoms with Gasteiger partial charge in [-0.05, 0) is 25.3 Å². The van der Waals surface area contributed by atoms with Gasteiger partial charge in [-0.25, -0.2) is 0 Å². The number of halogens is 3. The summed E-state index contributed by atoms with van der Waals surface area (Å²) in [6.07, 6.45) is -5.05. The van der Waals surface area contributed by atoms with Crippen molar-refractivity contribution in [1.29, 1.82) is 0 Å². The van der Waals surface area contributed by atoms with Crippen LogP contribution in [0.5, 0.6) is 0 Å². The van der Waals surface area contributed by atoms with Crippen LogP contribution in [0.3, 0.4) is 0 Å². The second-order valence-electron chi connectivity index (χ2n) is 5.39. The Morgan fingerprint density at radius 1 is 1.18 bits per heavy atom. The van der Waals surface area contributed by atoms with Crippen molar-refractivity contribution in [2.45, 2.75) is 59.4 Å². The molecule has 0 aromatic rings. The molecule has 0 amide bonds. The Bertz CT molecular complexity index is 211. The van der Waals surface area contributed by atoms with E-state index in [0.717, 1.165) is 19.9 Å². The van der Waals surface area contributed by atoms with E-state index in [-0.39, 0.29) is 18.1 Å². The van der Waals surface area contributed by atoms with Gasteiger partial charge in [0, 0.05) is 6.04 Å². The largest absolute Gasteiger partial charge is 0.414 e. The van der Waals surface area contributed by atoms with Crippen molar-refractivity contribution >= 4 is 0 Å². The van der Waals surface area contributed by atoms with Gasteiger partial charge < -0.3 is 10.1 Å². The normalized spacial score (nSPS) is 16.9. The van der Waals surface area contributed by atoms with E-state index in [9.17, 15) is 13.2 Å². The molecule has 0 spiro atoms. The maximum absolute atomic E-state index is 12.3. The summed E-state index contributed by atoms with van der Waals surface area (Å²) >= 11 is 0. The van der Waals surface area contributed by atoms with Crippen LogP contribution in [0.4, 0.5) is 13.2 Å². The third kappa shape index (κ3) is 6.88. The highest BCUT2D eigenvalue weighted by Gasteiger charge is 2.38. The standard InChI is InChI=1S/C12H24F3NO/c1-6-7-16-10(11(3,4)5)8-17-9(2)12(13,14)15/h9-10,16H,6-8H2,1-5H3. The van der Waals surface area contributed by atoms with E-state index in [2.05, 4.69) is 5.32 Å². The van der Waals surface area contributed by atoms with Gasteiger partial charge in [0.1, 0.15) is 0 Å². The zero-order valence-electron chi connectivity index (χ0n) is 11.3. The van der Waals surface area contributed by atoms with Crippen molar-refractivity contribution in [3.63, 3.8) is 0 Å². The molecule has 2 nitrogen and oxygen atoms in total. The fourth-order valence-corrected chi connectivity index (χ4v) is 1.27. The van der Waals surface area contributed by atoms with Crippen LogP contribution in [0, 0.1) is 5.41 Å². The van der Waals surface area contributed by atoms with E-state index in [1.807, 2.05) is 27.7 Å². The summed E-state index contributed by atoms with van der Waals surface area (Å²) in [7, 11) is 0. The lowest BCUT2D eigenvalue weighted by atomic mass is 9.87. The van der Waals surface area contributed by atoms with Gasteiger partial charge >= 0.3 is 6.18 Å². The highest BCUT2D eigenvalue weighted by Crippen LogP contribution is 2.25. The van der Waals surface area contributed by atoms with Gasteiger partial charge in [0.2, 0.25) is 0 Å². The van der Waals surface area contributed by atoms with E-state index in [1.54, 1.807) is 0 Å². The number of alkyl halides is 3. The van der Waals surface area contributed by atoms with Crippen molar-refractivity contribution in [3.05, 3.63) is 0 Å². The van der Waals surface area contributed by atoms with Crippen LogP contribution >= 0.6 is 0 Å². The Morgan fingerprint density at radius 2 is 1.71 bits per heavy atom. The Balaban J connectivity index is 4.26. The number of ether oxygens (including phenoxy) is 1. The van der Waals surface area contributed by atoms with Crippen molar-refractivity contribution < 1.29 is 17.9 Å². The Morgan fingerprint density at radius 3 is 2.06 bits per heavy atom. The molecule has 0 aromatic heterocycles. The highest BCUT2D eigenvalue weighted by molar-refractivity contribution is 4.80. The SMILES string of the molecule is CCCNC(COC(C)C(F)(F)F)C(C)(C)C. The third-order valence-electron chi connectivity index (χ3n) is 2.66. The number of hydrogen-bond donors (Lipinski definition) is 1. The number of nitrogens with one attached hydrogen (secondary N) is 1.